The lowest BCUT2D eigenvalue weighted by molar-refractivity contribution is -0.142. The number of ether oxygens (including phenoxy) is 1. The maximum absolute atomic E-state index is 12.4. The molecule has 3 nitrogen and oxygen atoms in total. The fourth-order valence-corrected chi connectivity index (χ4v) is 1.45. The molecule has 0 heterocycles. The number of halogens is 3. The van der Waals surface area contributed by atoms with Gasteiger partial charge in [-0.15, -0.1) is 0 Å². The number of carbonyl (C=O) groups is 1. The molecule has 1 rings (SSSR count). The van der Waals surface area contributed by atoms with Crippen molar-refractivity contribution in [2.45, 2.75) is 19.1 Å². The Kier molecular flexibility index (Phi) is 3.77. The lowest BCUT2D eigenvalue weighted by Gasteiger charge is -2.14. The van der Waals surface area contributed by atoms with Gasteiger partial charge >= 0.3 is 12.1 Å². The largest absolute Gasteiger partial charge is 0.468 e. The van der Waals surface area contributed by atoms with Gasteiger partial charge in [-0.1, -0.05) is 6.07 Å². The minimum Gasteiger partial charge on any atom is -0.468 e. The molecule has 1 atom stereocenters. The van der Waals surface area contributed by atoms with E-state index in [0.29, 0.717) is 11.1 Å². The Bertz CT molecular complexity index is 429. The number of nitrogens with two attached hydrogens (primary N) is 1. The summed E-state index contributed by atoms with van der Waals surface area (Å²) in [5.41, 5.74) is 5.41. The summed E-state index contributed by atoms with van der Waals surface area (Å²) < 4.78 is 41.6. The number of methoxy groups -OCH3 is 1. The number of hydrogen-bond acceptors (Lipinski definition) is 3. The number of esters is 1. The van der Waals surface area contributed by atoms with Crippen molar-refractivity contribution in [3.8, 4) is 0 Å². The van der Waals surface area contributed by atoms with Crippen LogP contribution in [0.5, 0.6) is 0 Å². The summed E-state index contributed by atoms with van der Waals surface area (Å²) in [6.45, 7) is 1.47. The highest BCUT2D eigenvalue weighted by molar-refractivity contribution is 5.77. The van der Waals surface area contributed by atoms with Crippen LogP contribution in [0.1, 0.15) is 22.7 Å². The molecule has 0 saturated carbocycles. The summed E-state index contributed by atoms with van der Waals surface area (Å²) in [4.78, 5) is 11.2. The van der Waals surface area contributed by atoms with Crippen LogP contribution in [-0.4, -0.2) is 13.1 Å². The van der Waals surface area contributed by atoms with Crippen molar-refractivity contribution in [2.75, 3.05) is 7.11 Å². The predicted molar refractivity (Wildman–Crippen MR) is 55.1 cm³/mol. The van der Waals surface area contributed by atoms with Crippen molar-refractivity contribution in [1.29, 1.82) is 0 Å². The summed E-state index contributed by atoms with van der Waals surface area (Å²) in [6.07, 6.45) is -4.40. The molecule has 94 valence electrons. The average Bonchev–Trinajstić information content (AvgIpc) is 2.25. The Morgan fingerprint density at radius 1 is 1.41 bits per heavy atom. The number of carbonyl (C=O) groups excluding carboxylic acids is 1. The maximum atomic E-state index is 12.4. The van der Waals surface area contributed by atoms with E-state index >= 15 is 0 Å². The van der Waals surface area contributed by atoms with Crippen molar-refractivity contribution in [3.63, 3.8) is 0 Å². The average molecular weight is 247 g/mol. The van der Waals surface area contributed by atoms with Crippen LogP contribution in [0.15, 0.2) is 18.2 Å². The summed E-state index contributed by atoms with van der Waals surface area (Å²) in [5.74, 6) is -0.687. The highest BCUT2D eigenvalue weighted by Crippen LogP contribution is 2.31. The van der Waals surface area contributed by atoms with Crippen LogP contribution in [0, 0.1) is 6.92 Å². The second-order valence-electron chi connectivity index (χ2n) is 3.57. The molecule has 1 aromatic rings. The summed E-state index contributed by atoms with van der Waals surface area (Å²) in [5, 5.41) is 0. The van der Waals surface area contributed by atoms with Gasteiger partial charge in [-0.25, -0.2) is 0 Å². The van der Waals surface area contributed by atoms with E-state index in [1.165, 1.54) is 20.1 Å². The molecular weight excluding hydrogens is 235 g/mol. The molecular formula is C11H12F3NO2. The first-order chi connectivity index (χ1) is 7.77. The van der Waals surface area contributed by atoms with Gasteiger partial charge in [0.2, 0.25) is 0 Å². The monoisotopic (exact) mass is 247 g/mol. The van der Waals surface area contributed by atoms with Crippen LogP contribution in [0.4, 0.5) is 13.2 Å². The predicted octanol–water partition coefficient (Wildman–Crippen LogP) is 2.19. The minimum absolute atomic E-state index is 0.303. The first-order valence-corrected chi connectivity index (χ1v) is 4.78. The van der Waals surface area contributed by atoms with Gasteiger partial charge in [-0.05, 0) is 30.2 Å². The van der Waals surface area contributed by atoms with E-state index in [-0.39, 0.29) is 0 Å². The van der Waals surface area contributed by atoms with Crippen LogP contribution in [0.25, 0.3) is 0 Å². The zero-order valence-electron chi connectivity index (χ0n) is 9.34. The fraction of sp³-hybridized carbons (Fsp3) is 0.364. The third kappa shape index (κ3) is 2.97. The lowest BCUT2D eigenvalue weighted by Crippen LogP contribution is -2.23. The number of rotatable bonds is 2. The number of benzene rings is 1. The minimum atomic E-state index is -4.40. The molecule has 1 unspecified atom stereocenters. The third-order valence-electron chi connectivity index (χ3n) is 2.39. The van der Waals surface area contributed by atoms with Crippen molar-refractivity contribution in [2.24, 2.45) is 5.73 Å². The Labute approximate surface area is 96.4 Å². The molecule has 0 amide bonds. The zero-order valence-corrected chi connectivity index (χ0v) is 9.34. The molecule has 0 bridgehead atoms. The van der Waals surface area contributed by atoms with Crippen LogP contribution < -0.4 is 5.73 Å². The van der Waals surface area contributed by atoms with Gasteiger partial charge in [0.05, 0.1) is 12.7 Å². The molecule has 0 aliphatic heterocycles. The van der Waals surface area contributed by atoms with Gasteiger partial charge in [-0.3, -0.25) is 4.79 Å². The van der Waals surface area contributed by atoms with Crippen LogP contribution in [0.3, 0.4) is 0 Å². The van der Waals surface area contributed by atoms with Gasteiger partial charge in [0, 0.05) is 0 Å². The SMILES string of the molecule is COC(=O)C(N)c1ccc(C(F)(F)F)cc1C. The van der Waals surface area contributed by atoms with E-state index in [0.717, 1.165) is 12.1 Å². The number of alkyl halides is 3. The highest BCUT2D eigenvalue weighted by Gasteiger charge is 2.31. The number of aryl methyl sites for hydroxylation is 1. The second kappa shape index (κ2) is 4.75. The molecule has 0 fully saturated rings. The van der Waals surface area contributed by atoms with Crippen molar-refractivity contribution >= 4 is 5.97 Å². The normalized spacial score (nSPS) is 13.3. The van der Waals surface area contributed by atoms with Crippen LogP contribution >= 0.6 is 0 Å². The maximum Gasteiger partial charge on any atom is 0.416 e. The first kappa shape index (κ1) is 13.5. The topological polar surface area (TPSA) is 52.3 Å². The molecule has 0 spiro atoms. The van der Waals surface area contributed by atoms with Gasteiger partial charge in [0.1, 0.15) is 6.04 Å². The van der Waals surface area contributed by atoms with Gasteiger partial charge in [0.25, 0.3) is 0 Å². The fourth-order valence-electron chi connectivity index (χ4n) is 1.45. The molecule has 0 aliphatic carbocycles. The first-order valence-electron chi connectivity index (χ1n) is 4.78. The molecule has 0 radical (unpaired) electrons. The quantitative estimate of drug-likeness (QED) is 0.815. The smallest absolute Gasteiger partial charge is 0.416 e. The molecule has 17 heavy (non-hydrogen) atoms. The van der Waals surface area contributed by atoms with Crippen LogP contribution in [0.2, 0.25) is 0 Å². The summed E-state index contributed by atoms with van der Waals surface area (Å²) in [6, 6.07) is 1.98. The molecule has 1 aromatic carbocycles. The second-order valence-corrected chi connectivity index (χ2v) is 3.57. The van der Waals surface area contributed by atoms with Gasteiger partial charge < -0.3 is 10.5 Å². The molecule has 0 aliphatic rings. The third-order valence-corrected chi connectivity index (χ3v) is 2.39. The molecule has 0 aromatic heterocycles. The van der Waals surface area contributed by atoms with Gasteiger partial charge in [0.15, 0.2) is 0 Å². The lowest BCUT2D eigenvalue weighted by atomic mass is 9.99. The Hall–Kier alpha value is -1.56. The Morgan fingerprint density at radius 2 is 2.00 bits per heavy atom. The van der Waals surface area contributed by atoms with Crippen molar-refractivity contribution in [3.05, 3.63) is 34.9 Å². The van der Waals surface area contributed by atoms with Crippen molar-refractivity contribution < 1.29 is 22.7 Å². The summed E-state index contributed by atoms with van der Waals surface area (Å²) >= 11 is 0. The molecule has 0 saturated heterocycles. The highest BCUT2D eigenvalue weighted by atomic mass is 19.4. The van der Waals surface area contributed by atoms with E-state index in [4.69, 9.17) is 5.73 Å². The summed E-state index contributed by atoms with van der Waals surface area (Å²) in [7, 11) is 1.17. The van der Waals surface area contributed by atoms with E-state index in [9.17, 15) is 18.0 Å². The van der Waals surface area contributed by atoms with E-state index in [1.54, 1.807) is 0 Å². The Morgan fingerprint density at radius 3 is 2.41 bits per heavy atom. The van der Waals surface area contributed by atoms with E-state index in [2.05, 4.69) is 4.74 Å². The molecule has 2 N–H and O–H groups in total. The number of hydrogen-bond donors (Lipinski definition) is 1. The van der Waals surface area contributed by atoms with E-state index < -0.39 is 23.8 Å². The standard InChI is InChI=1S/C11H12F3NO2/c1-6-5-7(11(12,13)14)3-4-8(6)9(15)10(16)17-2/h3-5,9H,15H2,1-2H3. The van der Waals surface area contributed by atoms with Gasteiger partial charge in [-0.2, -0.15) is 13.2 Å². The molecule has 6 heteroatoms. The van der Waals surface area contributed by atoms with Crippen molar-refractivity contribution in [1.82, 2.24) is 0 Å². The zero-order chi connectivity index (χ0) is 13.2. The van der Waals surface area contributed by atoms with Crippen LogP contribution in [-0.2, 0) is 15.7 Å². The van der Waals surface area contributed by atoms with E-state index in [1.807, 2.05) is 0 Å². The Balaban J connectivity index is 3.10.